The maximum atomic E-state index is 10.0. The molecule has 0 unspecified atom stereocenters. The molecule has 0 saturated heterocycles. The van der Waals surface area contributed by atoms with Crippen LogP contribution in [0.5, 0.6) is 0 Å². The Morgan fingerprint density at radius 1 is 1.33 bits per heavy atom. The number of carbonyl (C=O) groups is 1. The van der Waals surface area contributed by atoms with Crippen molar-refractivity contribution in [1.82, 2.24) is 0 Å². The van der Waals surface area contributed by atoms with Crippen LogP contribution in [0.15, 0.2) is 0 Å². The fourth-order valence-corrected chi connectivity index (χ4v) is 0.897. The van der Waals surface area contributed by atoms with E-state index in [0.717, 1.165) is 0 Å². The quantitative estimate of drug-likeness (QED) is 0.437. The van der Waals surface area contributed by atoms with Crippen molar-refractivity contribution in [3.05, 3.63) is 0 Å². The second-order valence-electron chi connectivity index (χ2n) is 2.56. The zero-order chi connectivity index (χ0) is 9.72. The minimum absolute atomic E-state index is 0.194. The molecule has 0 aliphatic rings. The highest BCUT2D eigenvalue weighted by molar-refractivity contribution is 5.56. The van der Waals surface area contributed by atoms with Crippen LogP contribution in [-0.2, 0) is 9.53 Å². The summed E-state index contributed by atoms with van der Waals surface area (Å²) in [6.45, 7) is 1.40. The molecule has 3 N–H and O–H groups in total. The largest absolute Gasteiger partial charge is 0.391 e. The summed E-state index contributed by atoms with van der Waals surface area (Å²) in [6.07, 6.45) is -4.62. The third-order valence-corrected chi connectivity index (χ3v) is 1.57. The SMILES string of the molecule is CO[C@@H]([C@@H](O)[C@@H](O)C=O)[C@H](C)O. The van der Waals surface area contributed by atoms with Gasteiger partial charge in [-0.1, -0.05) is 0 Å². The van der Waals surface area contributed by atoms with Crippen LogP contribution in [0.1, 0.15) is 6.92 Å². The molecule has 0 aromatic rings. The molecule has 72 valence electrons. The molecule has 5 heteroatoms. The smallest absolute Gasteiger partial charge is 0.151 e. The van der Waals surface area contributed by atoms with Gasteiger partial charge in [0, 0.05) is 7.11 Å². The first-order valence-electron chi connectivity index (χ1n) is 3.56. The Hall–Kier alpha value is -0.490. The second kappa shape index (κ2) is 5.21. The minimum Gasteiger partial charge on any atom is -0.391 e. The molecule has 0 radical (unpaired) electrons. The highest BCUT2D eigenvalue weighted by Crippen LogP contribution is 2.06. The Balaban J connectivity index is 4.19. The van der Waals surface area contributed by atoms with Gasteiger partial charge in [0.15, 0.2) is 6.29 Å². The number of carbonyl (C=O) groups excluding carboxylic acids is 1. The van der Waals surface area contributed by atoms with E-state index in [9.17, 15) is 9.90 Å². The normalized spacial score (nSPS) is 21.1. The van der Waals surface area contributed by atoms with Crippen molar-refractivity contribution in [1.29, 1.82) is 0 Å². The van der Waals surface area contributed by atoms with Gasteiger partial charge in [-0.25, -0.2) is 0 Å². The summed E-state index contributed by atoms with van der Waals surface area (Å²) in [6, 6.07) is 0. The van der Waals surface area contributed by atoms with Crippen LogP contribution in [0.2, 0.25) is 0 Å². The van der Waals surface area contributed by atoms with Crippen molar-refractivity contribution >= 4 is 6.29 Å². The number of rotatable bonds is 5. The van der Waals surface area contributed by atoms with E-state index in [-0.39, 0.29) is 6.29 Å². The lowest BCUT2D eigenvalue weighted by Gasteiger charge is -2.24. The molecule has 0 aromatic heterocycles. The number of aldehydes is 1. The summed E-state index contributed by atoms with van der Waals surface area (Å²) in [7, 11) is 1.28. The standard InChI is InChI=1S/C7H14O5/c1-4(9)7(12-2)6(11)5(10)3-8/h3-7,9-11H,1-2H3/t4-,5-,6-,7+/m0/s1. The van der Waals surface area contributed by atoms with Crippen molar-refractivity contribution in [3.63, 3.8) is 0 Å². The summed E-state index contributed by atoms with van der Waals surface area (Å²) in [5, 5.41) is 27.1. The number of ether oxygens (including phenoxy) is 1. The maximum absolute atomic E-state index is 10.0. The van der Waals surface area contributed by atoms with Gasteiger partial charge in [-0.15, -0.1) is 0 Å². The lowest BCUT2D eigenvalue weighted by Crippen LogP contribution is -2.45. The highest BCUT2D eigenvalue weighted by atomic mass is 16.5. The van der Waals surface area contributed by atoms with Crippen LogP contribution in [0.25, 0.3) is 0 Å². The molecule has 0 aliphatic carbocycles. The molecule has 0 bridgehead atoms. The van der Waals surface area contributed by atoms with Crippen molar-refractivity contribution in [2.75, 3.05) is 7.11 Å². The molecule has 0 heterocycles. The Kier molecular flexibility index (Phi) is 5.00. The predicted octanol–water partition coefficient (Wildman–Crippen LogP) is -1.70. The van der Waals surface area contributed by atoms with Gasteiger partial charge >= 0.3 is 0 Å². The average molecular weight is 178 g/mol. The van der Waals surface area contributed by atoms with Gasteiger partial charge in [-0.3, -0.25) is 0 Å². The highest BCUT2D eigenvalue weighted by Gasteiger charge is 2.29. The van der Waals surface area contributed by atoms with Gasteiger partial charge in [0.2, 0.25) is 0 Å². The lowest BCUT2D eigenvalue weighted by atomic mass is 10.1. The van der Waals surface area contributed by atoms with Gasteiger partial charge in [-0.05, 0) is 6.92 Å². The van der Waals surface area contributed by atoms with E-state index >= 15 is 0 Å². The Morgan fingerprint density at radius 2 is 1.83 bits per heavy atom. The third kappa shape index (κ3) is 2.86. The molecule has 5 nitrogen and oxygen atoms in total. The van der Waals surface area contributed by atoms with E-state index in [2.05, 4.69) is 4.74 Å². The Labute approximate surface area is 70.6 Å². The number of aliphatic hydroxyl groups excluding tert-OH is 3. The molecule has 0 amide bonds. The van der Waals surface area contributed by atoms with E-state index in [4.69, 9.17) is 10.2 Å². The van der Waals surface area contributed by atoms with E-state index < -0.39 is 24.4 Å². The second-order valence-corrected chi connectivity index (χ2v) is 2.56. The van der Waals surface area contributed by atoms with Gasteiger partial charge < -0.3 is 24.9 Å². The molecule has 0 aliphatic heterocycles. The van der Waals surface area contributed by atoms with Crippen LogP contribution in [0.4, 0.5) is 0 Å². The van der Waals surface area contributed by atoms with E-state index in [1.807, 2.05) is 0 Å². The monoisotopic (exact) mass is 178 g/mol. The first kappa shape index (κ1) is 11.5. The number of hydrogen-bond acceptors (Lipinski definition) is 5. The molecule has 0 saturated carbocycles. The van der Waals surface area contributed by atoms with Crippen molar-refractivity contribution in [2.24, 2.45) is 0 Å². The first-order chi connectivity index (χ1) is 5.54. The van der Waals surface area contributed by atoms with Gasteiger partial charge in [0.25, 0.3) is 0 Å². The molecule has 0 fully saturated rings. The zero-order valence-electron chi connectivity index (χ0n) is 7.04. The van der Waals surface area contributed by atoms with Crippen LogP contribution in [0.3, 0.4) is 0 Å². The van der Waals surface area contributed by atoms with Crippen LogP contribution >= 0.6 is 0 Å². The van der Waals surface area contributed by atoms with Crippen LogP contribution < -0.4 is 0 Å². The molecular formula is C7H14O5. The third-order valence-electron chi connectivity index (χ3n) is 1.57. The fraction of sp³-hybridized carbons (Fsp3) is 0.857. The van der Waals surface area contributed by atoms with Gasteiger partial charge in [0.1, 0.15) is 18.3 Å². The van der Waals surface area contributed by atoms with E-state index in [1.54, 1.807) is 0 Å². The number of hydrogen-bond donors (Lipinski definition) is 3. The molecule has 0 aromatic carbocycles. The molecule has 0 spiro atoms. The fourth-order valence-electron chi connectivity index (χ4n) is 0.897. The Bertz CT molecular complexity index is 136. The minimum atomic E-state index is -1.52. The van der Waals surface area contributed by atoms with E-state index in [1.165, 1.54) is 14.0 Å². The van der Waals surface area contributed by atoms with Crippen molar-refractivity contribution in [3.8, 4) is 0 Å². The molecular weight excluding hydrogens is 164 g/mol. The van der Waals surface area contributed by atoms with Crippen LogP contribution in [0, 0.1) is 0 Å². The summed E-state index contributed by atoms with van der Waals surface area (Å²) in [5.74, 6) is 0. The van der Waals surface area contributed by atoms with Crippen molar-refractivity contribution < 1.29 is 24.9 Å². The summed E-state index contributed by atoms with van der Waals surface area (Å²) in [4.78, 5) is 10.0. The molecule has 12 heavy (non-hydrogen) atoms. The number of methoxy groups -OCH3 is 1. The zero-order valence-corrected chi connectivity index (χ0v) is 7.04. The molecule has 4 atom stereocenters. The number of aliphatic hydroxyl groups is 3. The molecule has 0 rings (SSSR count). The first-order valence-corrected chi connectivity index (χ1v) is 3.56. The summed E-state index contributed by atoms with van der Waals surface area (Å²) in [5.41, 5.74) is 0. The van der Waals surface area contributed by atoms with Crippen LogP contribution in [-0.4, -0.2) is 53.1 Å². The Morgan fingerprint density at radius 3 is 2.08 bits per heavy atom. The van der Waals surface area contributed by atoms with Gasteiger partial charge in [-0.2, -0.15) is 0 Å². The van der Waals surface area contributed by atoms with Gasteiger partial charge in [0.05, 0.1) is 6.10 Å². The topological polar surface area (TPSA) is 87.0 Å². The average Bonchev–Trinajstić information content (AvgIpc) is 2.03. The van der Waals surface area contributed by atoms with Crippen molar-refractivity contribution in [2.45, 2.75) is 31.3 Å². The predicted molar refractivity (Wildman–Crippen MR) is 40.6 cm³/mol. The lowest BCUT2D eigenvalue weighted by molar-refractivity contribution is -0.137. The van der Waals surface area contributed by atoms with E-state index in [0.29, 0.717) is 0 Å². The summed E-state index contributed by atoms with van der Waals surface area (Å²) < 4.78 is 4.68. The summed E-state index contributed by atoms with van der Waals surface area (Å²) >= 11 is 0. The maximum Gasteiger partial charge on any atom is 0.151 e.